The van der Waals surface area contributed by atoms with Crippen LogP contribution in [-0.2, 0) is 14.6 Å². The molecule has 1 aliphatic carbocycles. The van der Waals surface area contributed by atoms with Crippen LogP contribution in [0.2, 0.25) is 0 Å². The second kappa shape index (κ2) is 5.86. The summed E-state index contributed by atoms with van der Waals surface area (Å²) in [5.74, 6) is -0.260. The van der Waals surface area contributed by atoms with Crippen LogP contribution in [0.15, 0.2) is 29.2 Å². The lowest BCUT2D eigenvalue weighted by atomic mass is 9.87. The Hall–Kier alpha value is -1.87. The molecule has 5 nitrogen and oxygen atoms in total. The van der Waals surface area contributed by atoms with Crippen molar-refractivity contribution >= 4 is 21.4 Å². The molecule has 2 rings (SSSR count). The van der Waals surface area contributed by atoms with E-state index in [1.165, 1.54) is 12.1 Å². The molecule has 0 unspecified atom stereocenters. The minimum atomic E-state index is -3.24. The van der Waals surface area contributed by atoms with Crippen LogP contribution in [0.4, 0.5) is 5.69 Å². The summed E-state index contributed by atoms with van der Waals surface area (Å²) in [6.07, 6.45) is 2.93. The van der Waals surface area contributed by atoms with Gasteiger partial charge in [-0.05, 0) is 37.1 Å². The molecule has 1 fully saturated rings. The summed E-state index contributed by atoms with van der Waals surface area (Å²) in [6, 6.07) is 8.20. The molecule has 0 atom stereocenters. The van der Waals surface area contributed by atoms with E-state index < -0.39 is 15.3 Å². The molecule has 1 saturated carbocycles. The summed E-state index contributed by atoms with van der Waals surface area (Å²) < 4.78 is 23.4. The first-order valence-corrected chi connectivity index (χ1v) is 8.64. The van der Waals surface area contributed by atoms with Gasteiger partial charge in [0.1, 0.15) is 5.41 Å². The topological polar surface area (TPSA) is 87.0 Å². The summed E-state index contributed by atoms with van der Waals surface area (Å²) in [6.45, 7) is 1.59. The molecule has 6 heteroatoms. The largest absolute Gasteiger partial charge is 0.325 e. The molecule has 0 radical (unpaired) electrons. The van der Waals surface area contributed by atoms with Crippen molar-refractivity contribution in [2.24, 2.45) is 5.41 Å². The number of carbonyl (C=O) groups is 1. The maximum absolute atomic E-state index is 12.3. The maximum Gasteiger partial charge on any atom is 0.244 e. The van der Waals surface area contributed by atoms with Gasteiger partial charge in [0.15, 0.2) is 9.84 Å². The monoisotopic (exact) mass is 306 g/mol. The van der Waals surface area contributed by atoms with Crippen molar-refractivity contribution in [1.29, 1.82) is 5.26 Å². The van der Waals surface area contributed by atoms with Crippen molar-refractivity contribution in [3.8, 4) is 6.07 Å². The molecule has 1 aromatic rings. The van der Waals surface area contributed by atoms with Crippen molar-refractivity contribution in [2.75, 3.05) is 11.1 Å². The number of anilines is 1. The number of benzene rings is 1. The third-order valence-electron chi connectivity index (χ3n) is 3.96. The van der Waals surface area contributed by atoms with Crippen LogP contribution in [-0.4, -0.2) is 20.1 Å². The Balaban J connectivity index is 2.14. The number of nitriles is 1. The van der Waals surface area contributed by atoms with Gasteiger partial charge in [-0.1, -0.05) is 19.8 Å². The Morgan fingerprint density at radius 3 is 2.33 bits per heavy atom. The highest BCUT2D eigenvalue weighted by atomic mass is 32.2. The van der Waals surface area contributed by atoms with E-state index in [0.29, 0.717) is 18.5 Å². The number of sulfone groups is 1. The molecule has 0 spiro atoms. The fourth-order valence-electron chi connectivity index (χ4n) is 2.53. The molecular weight excluding hydrogens is 288 g/mol. The molecule has 0 aliphatic heterocycles. The number of carbonyl (C=O) groups excluding carboxylic acids is 1. The van der Waals surface area contributed by atoms with E-state index in [0.717, 1.165) is 12.8 Å². The fraction of sp³-hybridized carbons (Fsp3) is 0.467. The molecular formula is C15H18N2O3S. The Morgan fingerprint density at radius 2 is 1.86 bits per heavy atom. The van der Waals surface area contributed by atoms with Crippen molar-refractivity contribution in [1.82, 2.24) is 0 Å². The first-order valence-electron chi connectivity index (χ1n) is 6.99. The zero-order chi connectivity index (χ0) is 15.5. The number of hydrogen-bond donors (Lipinski definition) is 1. The number of hydrogen-bond acceptors (Lipinski definition) is 4. The highest BCUT2D eigenvalue weighted by Crippen LogP contribution is 2.38. The van der Waals surface area contributed by atoms with Gasteiger partial charge in [0, 0.05) is 5.69 Å². The van der Waals surface area contributed by atoms with Crippen LogP contribution in [0, 0.1) is 16.7 Å². The second-order valence-electron chi connectivity index (χ2n) is 5.28. The minimum absolute atomic E-state index is 0.0379. The number of amides is 1. The summed E-state index contributed by atoms with van der Waals surface area (Å²) >= 11 is 0. The quantitative estimate of drug-likeness (QED) is 0.925. The summed E-state index contributed by atoms with van der Waals surface area (Å²) in [5, 5.41) is 12.0. The minimum Gasteiger partial charge on any atom is -0.325 e. The van der Waals surface area contributed by atoms with Crippen molar-refractivity contribution in [2.45, 2.75) is 37.5 Å². The van der Waals surface area contributed by atoms with Gasteiger partial charge in [0.2, 0.25) is 5.91 Å². The van der Waals surface area contributed by atoms with Gasteiger partial charge in [0.25, 0.3) is 0 Å². The standard InChI is InChI=1S/C15H18N2O3S/c1-2-21(19,20)13-7-5-12(6-8-13)17-14(18)15(11-16)9-3-4-10-15/h5-8H,2-4,9-10H2,1H3,(H,17,18). The molecule has 0 bridgehead atoms. The number of rotatable bonds is 4. The summed E-state index contributed by atoms with van der Waals surface area (Å²) in [7, 11) is -3.24. The first kappa shape index (κ1) is 15.5. The zero-order valence-electron chi connectivity index (χ0n) is 11.9. The predicted molar refractivity (Wildman–Crippen MR) is 79.3 cm³/mol. The molecule has 1 aromatic carbocycles. The molecule has 1 N–H and O–H groups in total. The third kappa shape index (κ3) is 3.08. The predicted octanol–water partition coefficient (Wildman–Crippen LogP) is 2.50. The smallest absolute Gasteiger partial charge is 0.244 e. The van der Waals surface area contributed by atoms with Gasteiger partial charge in [-0.3, -0.25) is 4.79 Å². The van der Waals surface area contributed by atoms with Gasteiger partial charge >= 0.3 is 0 Å². The molecule has 1 aliphatic rings. The average Bonchev–Trinajstić information content (AvgIpc) is 2.98. The van der Waals surface area contributed by atoms with Crippen LogP contribution in [0.5, 0.6) is 0 Å². The fourth-order valence-corrected chi connectivity index (χ4v) is 3.42. The van der Waals surface area contributed by atoms with E-state index in [2.05, 4.69) is 11.4 Å². The number of nitrogens with one attached hydrogen (secondary N) is 1. The molecule has 0 aromatic heterocycles. The van der Waals surface area contributed by atoms with Crippen LogP contribution >= 0.6 is 0 Å². The molecule has 21 heavy (non-hydrogen) atoms. The van der Waals surface area contributed by atoms with E-state index in [1.54, 1.807) is 19.1 Å². The van der Waals surface area contributed by atoms with Gasteiger partial charge in [-0.2, -0.15) is 5.26 Å². The summed E-state index contributed by atoms with van der Waals surface area (Å²) in [4.78, 5) is 12.5. The maximum atomic E-state index is 12.3. The van der Waals surface area contributed by atoms with Crippen molar-refractivity contribution in [3.63, 3.8) is 0 Å². The van der Waals surface area contributed by atoms with E-state index >= 15 is 0 Å². The highest BCUT2D eigenvalue weighted by molar-refractivity contribution is 7.91. The van der Waals surface area contributed by atoms with Crippen molar-refractivity contribution in [3.05, 3.63) is 24.3 Å². The lowest BCUT2D eigenvalue weighted by Crippen LogP contribution is -2.32. The normalized spacial score (nSPS) is 17.1. The van der Waals surface area contributed by atoms with Crippen LogP contribution in [0.3, 0.4) is 0 Å². The SMILES string of the molecule is CCS(=O)(=O)c1ccc(NC(=O)C2(C#N)CCCC2)cc1. The molecule has 112 valence electrons. The van der Waals surface area contributed by atoms with E-state index in [1.807, 2.05) is 0 Å². The Morgan fingerprint density at radius 1 is 1.29 bits per heavy atom. The molecule has 0 heterocycles. The molecule has 0 saturated heterocycles. The Bertz CT molecular complexity index is 666. The van der Waals surface area contributed by atoms with Crippen LogP contribution in [0.1, 0.15) is 32.6 Å². The summed E-state index contributed by atoms with van der Waals surface area (Å²) in [5.41, 5.74) is -0.426. The third-order valence-corrected chi connectivity index (χ3v) is 5.71. The van der Waals surface area contributed by atoms with Gasteiger partial charge in [0.05, 0.1) is 16.7 Å². The second-order valence-corrected chi connectivity index (χ2v) is 7.56. The van der Waals surface area contributed by atoms with Gasteiger partial charge < -0.3 is 5.32 Å². The average molecular weight is 306 g/mol. The van der Waals surface area contributed by atoms with Crippen LogP contribution < -0.4 is 5.32 Å². The van der Waals surface area contributed by atoms with E-state index in [4.69, 9.17) is 0 Å². The first-order chi connectivity index (χ1) is 9.93. The number of nitrogens with zero attached hydrogens (tertiary/aromatic N) is 1. The molecule has 1 amide bonds. The highest BCUT2D eigenvalue weighted by Gasteiger charge is 2.41. The van der Waals surface area contributed by atoms with Crippen LogP contribution in [0.25, 0.3) is 0 Å². The van der Waals surface area contributed by atoms with Gasteiger partial charge in [-0.25, -0.2) is 8.42 Å². The Labute approximate surface area is 124 Å². The van der Waals surface area contributed by atoms with E-state index in [9.17, 15) is 18.5 Å². The van der Waals surface area contributed by atoms with Gasteiger partial charge in [-0.15, -0.1) is 0 Å². The zero-order valence-corrected chi connectivity index (χ0v) is 12.7. The lowest BCUT2D eigenvalue weighted by Gasteiger charge is -2.19. The lowest BCUT2D eigenvalue weighted by molar-refractivity contribution is -0.122. The van der Waals surface area contributed by atoms with Crippen molar-refractivity contribution < 1.29 is 13.2 Å². The Kier molecular flexibility index (Phi) is 4.33. The van der Waals surface area contributed by atoms with E-state index in [-0.39, 0.29) is 16.6 Å².